The second kappa shape index (κ2) is 13.0. The molecule has 0 aliphatic heterocycles. The molecule has 2 aromatic carbocycles. The second-order valence-electron chi connectivity index (χ2n) is 10.4. The van der Waals surface area contributed by atoms with Gasteiger partial charge in [-0.15, -0.1) is 0 Å². The minimum Gasteiger partial charge on any atom is -0.411 e. The molecular weight excluding hydrogens is 452 g/mol. The first-order chi connectivity index (χ1) is 16.2. The van der Waals surface area contributed by atoms with Crippen molar-refractivity contribution in [1.29, 1.82) is 0 Å². The van der Waals surface area contributed by atoms with E-state index in [1.165, 1.54) is 10.4 Å². The summed E-state index contributed by atoms with van der Waals surface area (Å²) < 4.78 is 14.2. The van der Waals surface area contributed by atoms with Crippen molar-refractivity contribution >= 4 is 27.0 Å². The predicted molar refractivity (Wildman–Crippen MR) is 151 cm³/mol. The summed E-state index contributed by atoms with van der Waals surface area (Å²) in [5.74, 6) is 0. The van der Waals surface area contributed by atoms with Crippen LogP contribution < -0.4 is 10.4 Å². The van der Waals surface area contributed by atoms with Gasteiger partial charge in [0.25, 0.3) is 8.32 Å². The molecule has 0 saturated heterocycles. The van der Waals surface area contributed by atoms with E-state index in [9.17, 15) is 5.11 Å². The normalized spacial score (nSPS) is 14.3. The highest BCUT2D eigenvalue weighted by molar-refractivity contribution is 6.99. The summed E-state index contributed by atoms with van der Waals surface area (Å²) in [7, 11) is -4.45. The van der Waals surface area contributed by atoms with Crippen LogP contribution in [0.15, 0.2) is 72.3 Å². The summed E-state index contributed by atoms with van der Waals surface area (Å²) in [4.78, 5) is 0. The number of benzene rings is 2. The van der Waals surface area contributed by atoms with E-state index in [1.54, 1.807) is 0 Å². The van der Waals surface area contributed by atoms with Crippen LogP contribution in [0.4, 0.5) is 0 Å². The van der Waals surface area contributed by atoms with Crippen LogP contribution in [0.25, 0.3) is 0 Å². The van der Waals surface area contributed by atoms with Crippen molar-refractivity contribution in [2.45, 2.75) is 84.2 Å². The lowest BCUT2D eigenvalue weighted by Gasteiger charge is -2.44. The van der Waals surface area contributed by atoms with Crippen molar-refractivity contribution in [1.82, 2.24) is 0 Å². The van der Waals surface area contributed by atoms with Gasteiger partial charge in [0.2, 0.25) is 0 Å². The van der Waals surface area contributed by atoms with Gasteiger partial charge in [-0.25, -0.2) is 0 Å². The van der Waals surface area contributed by atoms with Gasteiger partial charge in [-0.3, -0.25) is 0 Å². The van der Waals surface area contributed by atoms with E-state index in [0.29, 0.717) is 6.61 Å². The first kappa shape index (κ1) is 28.7. The SMILES string of the molecule is CC[Si](CC)(CC)O[C@H](CO[Si](c1ccccc1)(c1ccccc1)C(C)(C)C)C/C(C)=C/CO. The molecule has 0 aliphatic carbocycles. The largest absolute Gasteiger partial charge is 0.411 e. The summed E-state index contributed by atoms with van der Waals surface area (Å²) in [6.07, 6.45) is 2.66. The molecule has 0 bridgehead atoms. The number of hydrogen-bond acceptors (Lipinski definition) is 3. The van der Waals surface area contributed by atoms with Gasteiger partial charge in [0.05, 0.1) is 19.3 Å². The van der Waals surface area contributed by atoms with Crippen molar-refractivity contribution in [3.8, 4) is 0 Å². The maximum Gasteiger partial charge on any atom is 0.261 e. The van der Waals surface area contributed by atoms with Crippen molar-refractivity contribution in [3.63, 3.8) is 0 Å². The van der Waals surface area contributed by atoms with E-state index in [0.717, 1.165) is 30.1 Å². The molecule has 188 valence electrons. The minimum atomic E-state index is -2.62. The Morgan fingerprint density at radius 2 is 1.35 bits per heavy atom. The van der Waals surface area contributed by atoms with Crippen LogP contribution in [0.5, 0.6) is 0 Å². The Hall–Kier alpha value is -1.51. The van der Waals surface area contributed by atoms with Crippen LogP contribution in [0, 0.1) is 0 Å². The van der Waals surface area contributed by atoms with Crippen LogP contribution in [0.3, 0.4) is 0 Å². The fourth-order valence-corrected chi connectivity index (χ4v) is 12.5. The average molecular weight is 499 g/mol. The molecular formula is C29H46O3Si2. The number of rotatable bonds is 13. The maximum atomic E-state index is 9.45. The molecule has 1 atom stereocenters. The van der Waals surface area contributed by atoms with Gasteiger partial charge in [0.15, 0.2) is 8.32 Å². The van der Waals surface area contributed by atoms with Crippen LogP contribution in [-0.2, 0) is 8.85 Å². The quantitative estimate of drug-likeness (QED) is 0.261. The molecule has 2 rings (SSSR count). The molecule has 0 radical (unpaired) electrons. The third kappa shape index (κ3) is 6.79. The predicted octanol–water partition coefficient (Wildman–Crippen LogP) is 6.28. The van der Waals surface area contributed by atoms with E-state index in [2.05, 4.69) is 109 Å². The monoisotopic (exact) mass is 498 g/mol. The number of aliphatic hydroxyl groups excluding tert-OH is 1. The molecule has 0 aliphatic rings. The molecule has 0 saturated carbocycles. The standard InChI is InChI=1S/C29H46O3Si2/c1-8-33(9-2,10-3)32-26(23-25(4)21-22-30)24-31-34(29(5,6)7,27-17-13-11-14-18-27)28-19-15-12-16-20-28/h11-21,26,30H,8-10,22-24H2,1-7H3/b25-21+/t26-/m0/s1. The average Bonchev–Trinajstić information content (AvgIpc) is 2.83. The zero-order valence-electron chi connectivity index (χ0n) is 22.4. The fourth-order valence-electron chi connectivity index (χ4n) is 5.07. The van der Waals surface area contributed by atoms with Crippen molar-refractivity contribution < 1.29 is 14.0 Å². The van der Waals surface area contributed by atoms with Crippen LogP contribution in [0.1, 0.15) is 54.9 Å². The fraction of sp³-hybridized carbons (Fsp3) is 0.517. The summed E-state index contributed by atoms with van der Waals surface area (Å²) in [6, 6.07) is 24.9. The molecule has 0 spiro atoms. The van der Waals surface area contributed by atoms with Gasteiger partial charge in [0, 0.05) is 0 Å². The summed E-state index contributed by atoms with van der Waals surface area (Å²) in [6.45, 7) is 16.5. The summed E-state index contributed by atoms with van der Waals surface area (Å²) in [5.41, 5.74) is 1.16. The molecule has 34 heavy (non-hydrogen) atoms. The highest BCUT2D eigenvalue weighted by Gasteiger charge is 2.50. The molecule has 0 amide bonds. The topological polar surface area (TPSA) is 38.7 Å². The first-order valence-electron chi connectivity index (χ1n) is 12.9. The van der Waals surface area contributed by atoms with Gasteiger partial charge in [0.1, 0.15) is 0 Å². The zero-order chi connectivity index (χ0) is 25.2. The first-order valence-corrected chi connectivity index (χ1v) is 17.3. The maximum absolute atomic E-state index is 9.45. The Morgan fingerprint density at radius 1 is 0.882 bits per heavy atom. The Labute approximate surface area is 210 Å². The van der Waals surface area contributed by atoms with Gasteiger partial charge in [-0.1, -0.05) is 114 Å². The Bertz CT molecular complexity index is 823. The molecule has 3 nitrogen and oxygen atoms in total. The minimum absolute atomic E-state index is 0.0176. The van der Waals surface area contributed by atoms with Crippen LogP contribution in [0.2, 0.25) is 23.2 Å². The van der Waals surface area contributed by atoms with Gasteiger partial charge >= 0.3 is 0 Å². The Balaban J connectivity index is 2.53. The molecule has 1 N–H and O–H groups in total. The number of aliphatic hydroxyl groups is 1. The van der Waals surface area contributed by atoms with Crippen LogP contribution >= 0.6 is 0 Å². The second-order valence-corrected chi connectivity index (χ2v) is 19.4. The molecule has 0 unspecified atom stereocenters. The third-order valence-electron chi connectivity index (χ3n) is 7.24. The highest BCUT2D eigenvalue weighted by atomic mass is 28.4. The number of hydrogen-bond donors (Lipinski definition) is 1. The molecule has 0 fully saturated rings. The summed E-state index contributed by atoms with van der Waals surface area (Å²) >= 11 is 0. The lowest BCUT2D eigenvalue weighted by atomic mass is 10.1. The smallest absolute Gasteiger partial charge is 0.261 e. The Morgan fingerprint density at radius 3 is 1.74 bits per heavy atom. The van der Waals surface area contributed by atoms with Gasteiger partial charge < -0.3 is 14.0 Å². The molecule has 0 aromatic heterocycles. The van der Waals surface area contributed by atoms with E-state index >= 15 is 0 Å². The van der Waals surface area contributed by atoms with Crippen LogP contribution in [-0.4, -0.2) is 41.1 Å². The van der Waals surface area contributed by atoms with Crippen molar-refractivity contribution in [2.75, 3.05) is 13.2 Å². The third-order valence-corrected chi connectivity index (χ3v) is 16.9. The van der Waals surface area contributed by atoms with Gasteiger partial charge in [-0.2, -0.15) is 0 Å². The lowest BCUT2D eigenvalue weighted by Crippen LogP contribution is -2.67. The molecule has 0 heterocycles. The van der Waals surface area contributed by atoms with E-state index in [1.807, 2.05) is 6.08 Å². The molecule has 5 heteroatoms. The lowest BCUT2D eigenvalue weighted by molar-refractivity contribution is 0.112. The Kier molecular flexibility index (Phi) is 11.0. The highest BCUT2D eigenvalue weighted by Crippen LogP contribution is 2.37. The molecule has 2 aromatic rings. The van der Waals surface area contributed by atoms with Gasteiger partial charge in [-0.05, 0) is 46.9 Å². The van der Waals surface area contributed by atoms with Crippen molar-refractivity contribution in [3.05, 3.63) is 72.3 Å². The zero-order valence-corrected chi connectivity index (χ0v) is 24.4. The summed E-state index contributed by atoms with van der Waals surface area (Å²) in [5, 5.41) is 12.0. The van der Waals surface area contributed by atoms with E-state index in [-0.39, 0.29) is 17.7 Å². The van der Waals surface area contributed by atoms with E-state index in [4.69, 9.17) is 8.85 Å². The van der Waals surface area contributed by atoms with Crippen molar-refractivity contribution in [2.24, 2.45) is 0 Å². The van der Waals surface area contributed by atoms with E-state index < -0.39 is 16.6 Å².